The minimum atomic E-state index is -4.49. The Balaban J connectivity index is 2.24. The predicted octanol–water partition coefficient (Wildman–Crippen LogP) is 4.25. The lowest BCUT2D eigenvalue weighted by molar-refractivity contribution is -0.138. The SMILES string of the molecule is CC(C)(C(=O)Nc1cccc(CC(=O)O)c1)c1cccc(C(F)(F)F)c1. The summed E-state index contributed by atoms with van der Waals surface area (Å²) in [5.41, 5.74) is -0.920. The molecule has 0 aromatic heterocycles. The zero-order chi connectivity index (χ0) is 19.5. The van der Waals surface area contributed by atoms with Crippen LogP contribution in [-0.4, -0.2) is 17.0 Å². The Morgan fingerprint density at radius 3 is 2.23 bits per heavy atom. The van der Waals surface area contributed by atoms with Crippen LogP contribution in [0.2, 0.25) is 0 Å². The Morgan fingerprint density at radius 2 is 1.62 bits per heavy atom. The maximum atomic E-state index is 12.9. The molecule has 4 nitrogen and oxygen atoms in total. The van der Waals surface area contributed by atoms with Crippen molar-refractivity contribution in [3.63, 3.8) is 0 Å². The molecule has 1 amide bonds. The maximum absolute atomic E-state index is 12.9. The molecule has 0 atom stereocenters. The van der Waals surface area contributed by atoms with Crippen LogP contribution in [0.15, 0.2) is 48.5 Å². The molecule has 0 spiro atoms. The van der Waals surface area contributed by atoms with Gasteiger partial charge in [-0.05, 0) is 43.2 Å². The van der Waals surface area contributed by atoms with Crippen molar-refractivity contribution < 1.29 is 27.9 Å². The van der Waals surface area contributed by atoms with Gasteiger partial charge in [-0.25, -0.2) is 0 Å². The van der Waals surface area contributed by atoms with Crippen LogP contribution < -0.4 is 5.32 Å². The second kappa shape index (κ2) is 7.19. The van der Waals surface area contributed by atoms with E-state index in [-0.39, 0.29) is 12.0 Å². The Labute approximate surface area is 148 Å². The van der Waals surface area contributed by atoms with Crippen LogP contribution in [0.4, 0.5) is 18.9 Å². The summed E-state index contributed by atoms with van der Waals surface area (Å²) < 4.78 is 38.7. The number of rotatable bonds is 5. The lowest BCUT2D eigenvalue weighted by Gasteiger charge is -2.25. The molecule has 0 saturated heterocycles. The summed E-state index contributed by atoms with van der Waals surface area (Å²) in [5.74, 6) is -1.50. The third-order valence-electron chi connectivity index (χ3n) is 4.02. The van der Waals surface area contributed by atoms with Gasteiger partial charge in [-0.15, -0.1) is 0 Å². The standard InChI is InChI=1S/C19H18F3NO3/c1-18(2,13-6-4-7-14(11-13)19(20,21)22)17(26)23-15-8-3-5-12(9-15)10-16(24)25/h3-9,11H,10H2,1-2H3,(H,23,26)(H,24,25). The molecule has 0 aliphatic heterocycles. The van der Waals surface area contributed by atoms with Crippen molar-refractivity contribution in [1.82, 2.24) is 0 Å². The van der Waals surface area contributed by atoms with E-state index in [9.17, 15) is 22.8 Å². The van der Waals surface area contributed by atoms with Crippen LogP contribution >= 0.6 is 0 Å². The van der Waals surface area contributed by atoms with E-state index in [0.29, 0.717) is 11.3 Å². The first-order valence-corrected chi connectivity index (χ1v) is 7.80. The monoisotopic (exact) mass is 365 g/mol. The van der Waals surface area contributed by atoms with Crippen LogP contribution in [0.1, 0.15) is 30.5 Å². The molecule has 7 heteroatoms. The lowest BCUT2D eigenvalue weighted by Crippen LogP contribution is -2.35. The number of carbonyl (C=O) groups excluding carboxylic acids is 1. The van der Waals surface area contributed by atoms with E-state index in [1.807, 2.05) is 0 Å². The van der Waals surface area contributed by atoms with Crippen molar-refractivity contribution in [3.05, 3.63) is 65.2 Å². The normalized spacial score (nSPS) is 11.9. The van der Waals surface area contributed by atoms with Crippen molar-refractivity contribution in [2.45, 2.75) is 31.9 Å². The molecular formula is C19H18F3NO3. The van der Waals surface area contributed by atoms with Gasteiger partial charge in [0.25, 0.3) is 0 Å². The third-order valence-corrected chi connectivity index (χ3v) is 4.02. The number of benzene rings is 2. The van der Waals surface area contributed by atoms with Gasteiger partial charge in [-0.1, -0.05) is 30.3 Å². The Bertz CT molecular complexity index is 829. The van der Waals surface area contributed by atoms with E-state index in [4.69, 9.17) is 5.11 Å². The van der Waals surface area contributed by atoms with Crippen LogP contribution in [0.3, 0.4) is 0 Å². The predicted molar refractivity (Wildman–Crippen MR) is 90.9 cm³/mol. The molecule has 138 valence electrons. The number of nitrogens with one attached hydrogen (secondary N) is 1. The van der Waals surface area contributed by atoms with Crippen molar-refractivity contribution in [3.8, 4) is 0 Å². The maximum Gasteiger partial charge on any atom is 0.416 e. The van der Waals surface area contributed by atoms with Gasteiger partial charge in [0.05, 0.1) is 17.4 Å². The highest BCUT2D eigenvalue weighted by Gasteiger charge is 2.35. The largest absolute Gasteiger partial charge is 0.481 e. The van der Waals surface area contributed by atoms with Crippen molar-refractivity contribution in [2.75, 3.05) is 5.32 Å². The molecule has 2 aromatic carbocycles. The molecule has 2 aromatic rings. The molecule has 0 radical (unpaired) electrons. The molecule has 0 aliphatic rings. The van der Waals surface area contributed by atoms with Gasteiger partial charge in [0.2, 0.25) is 5.91 Å². The molecule has 2 rings (SSSR count). The van der Waals surface area contributed by atoms with Gasteiger partial charge >= 0.3 is 12.1 Å². The van der Waals surface area contributed by atoms with E-state index >= 15 is 0 Å². The number of aliphatic carboxylic acids is 1. The molecule has 0 aliphatic carbocycles. The molecule has 2 N–H and O–H groups in total. The molecule has 0 saturated carbocycles. The van der Waals surface area contributed by atoms with Crippen molar-refractivity contribution >= 4 is 17.6 Å². The van der Waals surface area contributed by atoms with Crippen LogP contribution in [-0.2, 0) is 27.6 Å². The number of alkyl halides is 3. The first kappa shape index (κ1) is 19.5. The van der Waals surface area contributed by atoms with E-state index in [0.717, 1.165) is 12.1 Å². The van der Waals surface area contributed by atoms with Crippen molar-refractivity contribution in [2.24, 2.45) is 0 Å². The quantitative estimate of drug-likeness (QED) is 0.833. The minimum Gasteiger partial charge on any atom is -0.481 e. The average Bonchev–Trinajstić information content (AvgIpc) is 2.54. The number of hydrogen-bond acceptors (Lipinski definition) is 2. The topological polar surface area (TPSA) is 66.4 Å². The molecule has 0 heterocycles. The first-order chi connectivity index (χ1) is 12.0. The zero-order valence-electron chi connectivity index (χ0n) is 14.2. The summed E-state index contributed by atoms with van der Waals surface area (Å²) in [5, 5.41) is 11.5. The van der Waals surface area contributed by atoms with E-state index in [1.54, 1.807) is 18.2 Å². The van der Waals surface area contributed by atoms with Crippen LogP contribution in [0, 0.1) is 0 Å². The highest BCUT2D eigenvalue weighted by Crippen LogP contribution is 2.33. The molecule has 26 heavy (non-hydrogen) atoms. The fourth-order valence-corrected chi connectivity index (χ4v) is 2.44. The summed E-state index contributed by atoms with van der Waals surface area (Å²) in [6.07, 6.45) is -4.69. The number of amides is 1. The fourth-order valence-electron chi connectivity index (χ4n) is 2.44. The second-order valence-electron chi connectivity index (χ2n) is 6.43. The molecule has 0 fully saturated rings. The zero-order valence-corrected chi connectivity index (χ0v) is 14.2. The molecule has 0 bridgehead atoms. The second-order valence-corrected chi connectivity index (χ2v) is 6.43. The number of halogens is 3. The van der Waals surface area contributed by atoms with E-state index in [1.165, 1.54) is 32.0 Å². The van der Waals surface area contributed by atoms with Crippen LogP contribution in [0.25, 0.3) is 0 Å². The first-order valence-electron chi connectivity index (χ1n) is 7.80. The fraction of sp³-hybridized carbons (Fsp3) is 0.263. The highest BCUT2D eigenvalue weighted by atomic mass is 19.4. The van der Waals surface area contributed by atoms with Gasteiger partial charge in [0.1, 0.15) is 0 Å². The van der Waals surface area contributed by atoms with Crippen LogP contribution in [0.5, 0.6) is 0 Å². The lowest BCUT2D eigenvalue weighted by atomic mass is 9.83. The summed E-state index contributed by atoms with van der Waals surface area (Å²) in [6.45, 7) is 3.05. The molecular weight excluding hydrogens is 347 g/mol. The van der Waals surface area contributed by atoms with Gasteiger partial charge in [0.15, 0.2) is 0 Å². The summed E-state index contributed by atoms with van der Waals surface area (Å²) in [7, 11) is 0. The van der Waals surface area contributed by atoms with Gasteiger partial charge in [-0.2, -0.15) is 13.2 Å². The number of carboxylic acid groups (broad SMARTS) is 1. The van der Waals surface area contributed by atoms with Gasteiger partial charge in [-0.3, -0.25) is 9.59 Å². The number of anilines is 1. The Kier molecular flexibility index (Phi) is 5.39. The van der Waals surface area contributed by atoms with Gasteiger partial charge in [0, 0.05) is 5.69 Å². The summed E-state index contributed by atoms with van der Waals surface area (Å²) in [6, 6.07) is 11.0. The summed E-state index contributed by atoms with van der Waals surface area (Å²) in [4.78, 5) is 23.4. The third kappa shape index (κ3) is 4.62. The average molecular weight is 365 g/mol. The van der Waals surface area contributed by atoms with Crippen molar-refractivity contribution in [1.29, 1.82) is 0 Å². The molecule has 0 unspecified atom stereocenters. The number of carboxylic acids is 1. The number of carbonyl (C=O) groups is 2. The summed E-state index contributed by atoms with van der Waals surface area (Å²) >= 11 is 0. The Morgan fingerprint density at radius 1 is 1.00 bits per heavy atom. The highest BCUT2D eigenvalue weighted by molar-refractivity contribution is 5.98. The number of hydrogen-bond donors (Lipinski definition) is 2. The minimum absolute atomic E-state index is 0.194. The van der Waals surface area contributed by atoms with E-state index < -0.39 is 29.0 Å². The van der Waals surface area contributed by atoms with E-state index in [2.05, 4.69) is 5.32 Å². The van der Waals surface area contributed by atoms with Gasteiger partial charge < -0.3 is 10.4 Å². The Hall–Kier alpha value is -2.83. The smallest absolute Gasteiger partial charge is 0.416 e.